The van der Waals surface area contributed by atoms with Gasteiger partial charge in [0.1, 0.15) is 0 Å². The van der Waals surface area contributed by atoms with Crippen LogP contribution in [0.1, 0.15) is 28.3 Å². The lowest BCUT2D eigenvalue weighted by Gasteiger charge is -2.38. The highest BCUT2D eigenvalue weighted by atomic mass is 16.1. The van der Waals surface area contributed by atoms with Crippen molar-refractivity contribution in [3.05, 3.63) is 35.5 Å². The van der Waals surface area contributed by atoms with Crippen molar-refractivity contribution in [2.45, 2.75) is 12.3 Å². The number of likely N-dealkylation sites (N-methyl/N-ethyl adjacent to an activating group) is 1. The van der Waals surface area contributed by atoms with Crippen molar-refractivity contribution in [3.63, 3.8) is 0 Å². The summed E-state index contributed by atoms with van der Waals surface area (Å²) in [5.74, 6) is 0.934. The molecule has 0 unspecified atom stereocenters. The Labute approximate surface area is 112 Å². The van der Waals surface area contributed by atoms with Gasteiger partial charge in [0.2, 0.25) is 0 Å². The number of piperidine rings is 1. The van der Waals surface area contributed by atoms with E-state index in [-0.39, 0.29) is 5.92 Å². The maximum atomic E-state index is 12.7. The molecule has 2 aromatic rings. The number of fused-ring (bicyclic) bond motifs is 2. The highest BCUT2D eigenvalue weighted by molar-refractivity contribution is 6.13. The van der Waals surface area contributed by atoms with Gasteiger partial charge in [-0.05, 0) is 31.6 Å². The molecule has 4 rings (SSSR count). The summed E-state index contributed by atoms with van der Waals surface area (Å²) in [6.07, 6.45) is 3.01. The summed E-state index contributed by atoms with van der Waals surface area (Å²) >= 11 is 0. The van der Waals surface area contributed by atoms with Gasteiger partial charge in [0, 0.05) is 48.1 Å². The molecule has 19 heavy (non-hydrogen) atoms. The van der Waals surface area contributed by atoms with E-state index in [1.807, 2.05) is 13.2 Å². The van der Waals surface area contributed by atoms with Gasteiger partial charge in [0.25, 0.3) is 0 Å². The number of aromatic nitrogens is 1. The summed E-state index contributed by atoms with van der Waals surface area (Å²) in [5.41, 5.74) is 3.51. The first-order valence-electron chi connectivity index (χ1n) is 6.97. The number of carbonyl (C=O) groups is 1. The number of benzene rings is 1. The summed E-state index contributed by atoms with van der Waals surface area (Å²) < 4.78 is 2.09. The average Bonchev–Trinajstić information content (AvgIpc) is 2.75. The van der Waals surface area contributed by atoms with Crippen molar-refractivity contribution in [1.82, 2.24) is 9.47 Å². The van der Waals surface area contributed by atoms with Gasteiger partial charge in [-0.25, -0.2) is 0 Å². The van der Waals surface area contributed by atoms with Crippen LogP contribution in [0.4, 0.5) is 0 Å². The van der Waals surface area contributed by atoms with E-state index < -0.39 is 0 Å². The minimum Gasteiger partial charge on any atom is -0.350 e. The normalized spacial score (nSPS) is 26.7. The van der Waals surface area contributed by atoms with Crippen LogP contribution < -0.4 is 0 Å². The van der Waals surface area contributed by atoms with Crippen molar-refractivity contribution < 1.29 is 4.79 Å². The molecule has 98 valence electrons. The lowest BCUT2D eigenvalue weighted by atomic mass is 9.71. The van der Waals surface area contributed by atoms with Gasteiger partial charge in [-0.3, -0.25) is 4.79 Å². The highest BCUT2D eigenvalue weighted by Gasteiger charge is 2.40. The first-order valence-corrected chi connectivity index (χ1v) is 6.97. The Balaban J connectivity index is 2.02. The van der Waals surface area contributed by atoms with Crippen LogP contribution in [0.25, 0.3) is 10.9 Å². The van der Waals surface area contributed by atoms with Crippen LogP contribution in [0.15, 0.2) is 24.4 Å². The molecular weight excluding hydrogens is 236 g/mol. The third-order valence-corrected chi connectivity index (χ3v) is 4.86. The van der Waals surface area contributed by atoms with E-state index in [9.17, 15) is 4.79 Å². The van der Waals surface area contributed by atoms with Gasteiger partial charge in [-0.15, -0.1) is 0 Å². The summed E-state index contributed by atoms with van der Waals surface area (Å²) in [4.78, 5) is 15.1. The fourth-order valence-corrected chi connectivity index (χ4v) is 3.91. The van der Waals surface area contributed by atoms with E-state index in [2.05, 4.69) is 34.7 Å². The number of hydrogen-bond donors (Lipinski definition) is 0. The maximum absolute atomic E-state index is 12.7. The second-order valence-corrected chi connectivity index (χ2v) is 6.02. The second kappa shape index (κ2) is 3.70. The Bertz CT molecular complexity index is 685. The van der Waals surface area contributed by atoms with E-state index in [0.717, 1.165) is 25.1 Å². The Morgan fingerprint density at radius 2 is 2.05 bits per heavy atom. The molecule has 0 bridgehead atoms. The molecule has 1 aromatic carbocycles. The molecule has 3 heteroatoms. The SMILES string of the molecule is CN1CC[C@@H]2C(=O)c3cn(C)c4cccc(c34)[C@H]2C1. The van der Waals surface area contributed by atoms with Gasteiger partial charge in [0.05, 0.1) is 0 Å². The van der Waals surface area contributed by atoms with Crippen LogP contribution in [0.3, 0.4) is 0 Å². The summed E-state index contributed by atoms with van der Waals surface area (Å²) in [7, 11) is 4.19. The number of hydrogen-bond acceptors (Lipinski definition) is 2. The fourth-order valence-electron chi connectivity index (χ4n) is 3.91. The largest absolute Gasteiger partial charge is 0.350 e. The lowest BCUT2D eigenvalue weighted by Crippen LogP contribution is -2.41. The number of nitrogens with zero attached hydrogens (tertiary/aromatic N) is 2. The van der Waals surface area contributed by atoms with E-state index >= 15 is 0 Å². The first kappa shape index (κ1) is 11.2. The molecule has 0 N–H and O–H groups in total. The fraction of sp³-hybridized carbons (Fsp3) is 0.438. The van der Waals surface area contributed by atoms with Crippen molar-refractivity contribution >= 4 is 16.7 Å². The second-order valence-electron chi connectivity index (χ2n) is 6.02. The van der Waals surface area contributed by atoms with Gasteiger partial charge in [-0.2, -0.15) is 0 Å². The Hall–Kier alpha value is -1.61. The van der Waals surface area contributed by atoms with Crippen molar-refractivity contribution in [2.24, 2.45) is 13.0 Å². The van der Waals surface area contributed by atoms with Gasteiger partial charge in [-0.1, -0.05) is 12.1 Å². The van der Waals surface area contributed by atoms with Crippen LogP contribution in [0.2, 0.25) is 0 Å². The lowest BCUT2D eigenvalue weighted by molar-refractivity contribution is 0.0816. The molecular formula is C16H18N2O. The molecule has 0 spiro atoms. The molecule has 1 saturated heterocycles. The molecule has 1 aliphatic heterocycles. The molecule has 1 aliphatic carbocycles. The predicted molar refractivity (Wildman–Crippen MR) is 75.6 cm³/mol. The molecule has 1 fully saturated rings. The summed E-state index contributed by atoms with van der Waals surface area (Å²) in [6, 6.07) is 6.46. The molecule has 2 heterocycles. The van der Waals surface area contributed by atoms with Gasteiger partial charge < -0.3 is 9.47 Å². The predicted octanol–water partition coefficient (Wildman–Crippen LogP) is 2.41. The molecule has 2 atom stereocenters. The first-order chi connectivity index (χ1) is 9.16. The Morgan fingerprint density at radius 3 is 2.89 bits per heavy atom. The van der Waals surface area contributed by atoms with E-state index in [1.54, 1.807) is 0 Å². The summed E-state index contributed by atoms with van der Waals surface area (Å²) in [5, 5.41) is 1.20. The zero-order valence-electron chi connectivity index (χ0n) is 11.4. The Kier molecular flexibility index (Phi) is 2.19. The van der Waals surface area contributed by atoms with Gasteiger partial charge >= 0.3 is 0 Å². The van der Waals surface area contributed by atoms with Crippen LogP contribution in [-0.4, -0.2) is 35.4 Å². The van der Waals surface area contributed by atoms with Crippen LogP contribution in [0.5, 0.6) is 0 Å². The monoisotopic (exact) mass is 254 g/mol. The topological polar surface area (TPSA) is 25.2 Å². The van der Waals surface area contributed by atoms with E-state index in [0.29, 0.717) is 11.7 Å². The molecule has 1 aromatic heterocycles. The third-order valence-electron chi connectivity index (χ3n) is 4.86. The smallest absolute Gasteiger partial charge is 0.168 e. The number of ketones is 1. The number of likely N-dealkylation sites (tertiary alicyclic amines) is 1. The number of aryl methyl sites for hydroxylation is 1. The average molecular weight is 254 g/mol. The van der Waals surface area contributed by atoms with Crippen molar-refractivity contribution in [2.75, 3.05) is 20.1 Å². The minimum atomic E-state index is 0.191. The quantitative estimate of drug-likeness (QED) is 0.721. The zero-order chi connectivity index (χ0) is 13.1. The molecule has 2 aliphatic rings. The standard InChI is InChI=1S/C16H18N2O/c1-17-7-6-11-12(8-17)10-4-3-5-14-15(10)13(16(11)19)9-18(14)2/h3-5,9,11-12H,6-8H2,1-2H3/t11-,12+/m0/s1. The van der Waals surface area contributed by atoms with Crippen molar-refractivity contribution in [3.8, 4) is 0 Å². The zero-order valence-corrected chi connectivity index (χ0v) is 11.4. The van der Waals surface area contributed by atoms with Crippen molar-refractivity contribution in [1.29, 1.82) is 0 Å². The summed E-state index contributed by atoms with van der Waals surface area (Å²) in [6.45, 7) is 2.04. The van der Waals surface area contributed by atoms with Gasteiger partial charge in [0.15, 0.2) is 5.78 Å². The Morgan fingerprint density at radius 1 is 1.21 bits per heavy atom. The maximum Gasteiger partial charge on any atom is 0.168 e. The van der Waals surface area contributed by atoms with Crippen LogP contribution in [0, 0.1) is 5.92 Å². The van der Waals surface area contributed by atoms with Crippen LogP contribution >= 0.6 is 0 Å². The molecule has 0 radical (unpaired) electrons. The molecule has 0 saturated carbocycles. The van der Waals surface area contributed by atoms with E-state index in [4.69, 9.17) is 0 Å². The number of rotatable bonds is 0. The molecule has 3 nitrogen and oxygen atoms in total. The number of carbonyl (C=O) groups excluding carboxylic acids is 1. The highest BCUT2D eigenvalue weighted by Crippen LogP contribution is 2.43. The number of Topliss-reactive ketones (excluding diaryl/α,β-unsaturated/α-hetero) is 1. The van der Waals surface area contributed by atoms with E-state index in [1.165, 1.54) is 16.5 Å². The molecule has 0 amide bonds. The minimum absolute atomic E-state index is 0.191. The third kappa shape index (κ3) is 1.39. The van der Waals surface area contributed by atoms with Crippen LogP contribution in [-0.2, 0) is 7.05 Å².